The lowest BCUT2D eigenvalue weighted by Gasteiger charge is -2.31. The largest absolute Gasteiger partial charge is 0.493 e. The van der Waals surface area contributed by atoms with Crippen LogP contribution in [0.15, 0.2) is 12.1 Å². The molecule has 1 aromatic carbocycles. The number of hydrogen-bond donors (Lipinski definition) is 1. The summed E-state index contributed by atoms with van der Waals surface area (Å²) in [6, 6.07) is 2.75. The fourth-order valence-corrected chi connectivity index (χ4v) is 2.71. The van der Waals surface area contributed by atoms with Crippen LogP contribution in [0, 0.1) is 22.5 Å². The van der Waals surface area contributed by atoms with Crippen molar-refractivity contribution >= 4 is 11.6 Å². The molecule has 25 heavy (non-hydrogen) atoms. The molecule has 134 valence electrons. The van der Waals surface area contributed by atoms with Crippen molar-refractivity contribution in [3.63, 3.8) is 0 Å². The van der Waals surface area contributed by atoms with Crippen LogP contribution in [0.5, 0.6) is 11.5 Å². The molecule has 0 saturated carbocycles. The van der Waals surface area contributed by atoms with Gasteiger partial charge in [-0.25, -0.2) is 0 Å². The van der Waals surface area contributed by atoms with Crippen LogP contribution in [-0.4, -0.2) is 55.6 Å². The number of terminal acetylenes is 1. The van der Waals surface area contributed by atoms with Gasteiger partial charge in [-0.3, -0.25) is 19.8 Å². The smallest absolute Gasteiger partial charge is 0.288 e. The molecule has 1 amide bonds. The number of nitro groups is 1. The Morgan fingerprint density at radius 2 is 2.12 bits per heavy atom. The van der Waals surface area contributed by atoms with E-state index >= 15 is 0 Å². The lowest BCUT2D eigenvalue weighted by molar-refractivity contribution is -0.385. The van der Waals surface area contributed by atoms with Crippen molar-refractivity contribution in [2.75, 3.05) is 33.8 Å². The molecule has 1 aliphatic rings. The second kappa shape index (κ2) is 8.35. The fourth-order valence-electron chi connectivity index (χ4n) is 2.71. The standard InChI is InChI=1S/C17H21N3O5/c1-4-12-9-16(15(24-3)10-14(12)20(22)23)25-13-5-7-19(8-6-13)11-17(21)18-2/h1,9-10,13H,5-8,11H2,2-3H3,(H,18,21). The number of benzene rings is 1. The topological polar surface area (TPSA) is 93.9 Å². The van der Waals surface area contributed by atoms with Gasteiger partial charge in [0.1, 0.15) is 11.7 Å². The summed E-state index contributed by atoms with van der Waals surface area (Å²) >= 11 is 0. The number of nitro benzene ring substituents is 1. The number of amides is 1. The van der Waals surface area contributed by atoms with Crippen molar-refractivity contribution in [1.29, 1.82) is 0 Å². The minimum absolute atomic E-state index is 0.0185. The highest BCUT2D eigenvalue weighted by Crippen LogP contribution is 2.35. The number of likely N-dealkylation sites (tertiary alicyclic amines) is 1. The number of hydrogen-bond acceptors (Lipinski definition) is 6. The Kier molecular flexibility index (Phi) is 6.19. The molecule has 1 saturated heterocycles. The average Bonchev–Trinajstić information content (AvgIpc) is 2.62. The molecule has 1 fully saturated rings. The molecule has 1 heterocycles. The first-order valence-corrected chi connectivity index (χ1v) is 7.91. The number of rotatable bonds is 6. The highest BCUT2D eigenvalue weighted by molar-refractivity contribution is 5.77. The van der Waals surface area contributed by atoms with Crippen LogP contribution in [0.4, 0.5) is 5.69 Å². The van der Waals surface area contributed by atoms with E-state index in [0.29, 0.717) is 12.3 Å². The van der Waals surface area contributed by atoms with Gasteiger partial charge in [-0.2, -0.15) is 0 Å². The molecule has 0 radical (unpaired) electrons. The molecule has 0 spiro atoms. The van der Waals surface area contributed by atoms with E-state index in [1.54, 1.807) is 7.05 Å². The maximum atomic E-state index is 11.4. The molecule has 1 N–H and O–H groups in total. The summed E-state index contributed by atoms with van der Waals surface area (Å²) in [5, 5.41) is 13.7. The van der Waals surface area contributed by atoms with Crippen molar-refractivity contribution in [1.82, 2.24) is 10.2 Å². The highest BCUT2D eigenvalue weighted by Gasteiger charge is 2.25. The SMILES string of the molecule is C#Cc1cc(OC2CCN(CC(=O)NC)CC2)c(OC)cc1[N+](=O)[O-]. The summed E-state index contributed by atoms with van der Waals surface area (Å²) in [5.74, 6) is 2.96. The van der Waals surface area contributed by atoms with Crippen LogP contribution in [0.3, 0.4) is 0 Å². The van der Waals surface area contributed by atoms with E-state index in [2.05, 4.69) is 16.1 Å². The minimum atomic E-state index is -0.543. The van der Waals surface area contributed by atoms with Gasteiger partial charge in [0.25, 0.3) is 5.69 Å². The molecule has 1 aromatic rings. The Morgan fingerprint density at radius 3 is 2.64 bits per heavy atom. The van der Waals surface area contributed by atoms with E-state index < -0.39 is 4.92 Å². The maximum Gasteiger partial charge on any atom is 0.288 e. The Balaban J connectivity index is 2.07. The van der Waals surface area contributed by atoms with Gasteiger partial charge in [-0.15, -0.1) is 6.42 Å². The molecule has 0 atom stereocenters. The zero-order valence-corrected chi connectivity index (χ0v) is 14.3. The number of carbonyl (C=O) groups excluding carboxylic acids is 1. The van der Waals surface area contributed by atoms with Crippen molar-refractivity contribution in [2.24, 2.45) is 0 Å². The quantitative estimate of drug-likeness (QED) is 0.472. The Labute approximate surface area is 146 Å². The molecule has 0 aliphatic carbocycles. The van der Waals surface area contributed by atoms with Gasteiger partial charge >= 0.3 is 0 Å². The molecule has 1 aliphatic heterocycles. The van der Waals surface area contributed by atoms with Gasteiger partial charge in [0.15, 0.2) is 11.5 Å². The number of piperidine rings is 1. The second-order valence-electron chi connectivity index (χ2n) is 5.69. The minimum Gasteiger partial charge on any atom is -0.493 e. The number of ether oxygens (including phenoxy) is 2. The van der Waals surface area contributed by atoms with E-state index in [0.717, 1.165) is 25.9 Å². The molecular weight excluding hydrogens is 326 g/mol. The van der Waals surface area contributed by atoms with Crippen LogP contribution in [0.1, 0.15) is 18.4 Å². The third-order valence-electron chi connectivity index (χ3n) is 4.11. The zero-order chi connectivity index (χ0) is 18.4. The normalized spacial score (nSPS) is 15.2. The summed E-state index contributed by atoms with van der Waals surface area (Å²) < 4.78 is 11.2. The molecule has 0 aromatic heterocycles. The van der Waals surface area contributed by atoms with Crippen molar-refractivity contribution in [3.05, 3.63) is 27.8 Å². The maximum absolute atomic E-state index is 11.4. The van der Waals surface area contributed by atoms with Gasteiger partial charge in [-0.05, 0) is 12.8 Å². The van der Waals surface area contributed by atoms with Crippen LogP contribution >= 0.6 is 0 Å². The van der Waals surface area contributed by atoms with E-state index in [9.17, 15) is 14.9 Å². The number of carbonyl (C=O) groups is 1. The number of nitrogens with one attached hydrogen (secondary N) is 1. The van der Waals surface area contributed by atoms with Gasteiger partial charge in [-0.1, -0.05) is 5.92 Å². The molecule has 0 unspecified atom stereocenters. The Hall–Kier alpha value is -2.79. The zero-order valence-electron chi connectivity index (χ0n) is 14.3. The second-order valence-corrected chi connectivity index (χ2v) is 5.69. The summed E-state index contributed by atoms with van der Waals surface area (Å²) in [6.45, 7) is 1.83. The van der Waals surface area contributed by atoms with Crippen LogP contribution < -0.4 is 14.8 Å². The van der Waals surface area contributed by atoms with E-state index in [4.69, 9.17) is 15.9 Å². The molecule has 0 bridgehead atoms. The lowest BCUT2D eigenvalue weighted by atomic mass is 10.1. The predicted molar refractivity (Wildman–Crippen MR) is 91.7 cm³/mol. The summed E-state index contributed by atoms with van der Waals surface area (Å²) in [4.78, 5) is 24.0. The van der Waals surface area contributed by atoms with Crippen molar-refractivity contribution < 1.29 is 19.2 Å². The Morgan fingerprint density at radius 1 is 1.44 bits per heavy atom. The molecule has 2 rings (SSSR count). The molecular formula is C17H21N3O5. The summed E-state index contributed by atoms with van der Waals surface area (Å²) in [6.07, 6.45) is 6.77. The van der Waals surface area contributed by atoms with E-state index in [-0.39, 0.29) is 29.0 Å². The van der Waals surface area contributed by atoms with Crippen molar-refractivity contribution in [2.45, 2.75) is 18.9 Å². The molecule has 8 nitrogen and oxygen atoms in total. The first-order chi connectivity index (χ1) is 12.0. The Bertz CT molecular complexity index is 690. The third-order valence-corrected chi connectivity index (χ3v) is 4.11. The number of nitrogens with zero attached hydrogens (tertiary/aromatic N) is 2. The van der Waals surface area contributed by atoms with Crippen molar-refractivity contribution in [3.8, 4) is 23.8 Å². The van der Waals surface area contributed by atoms with Crippen LogP contribution in [-0.2, 0) is 4.79 Å². The number of methoxy groups -OCH3 is 1. The lowest BCUT2D eigenvalue weighted by Crippen LogP contribution is -2.43. The van der Waals surface area contributed by atoms with E-state index in [1.807, 2.05) is 0 Å². The van der Waals surface area contributed by atoms with Gasteiger partial charge < -0.3 is 14.8 Å². The highest BCUT2D eigenvalue weighted by atomic mass is 16.6. The van der Waals surface area contributed by atoms with Gasteiger partial charge in [0.05, 0.1) is 24.6 Å². The first-order valence-electron chi connectivity index (χ1n) is 7.91. The summed E-state index contributed by atoms with van der Waals surface area (Å²) in [7, 11) is 3.04. The van der Waals surface area contributed by atoms with Crippen LogP contribution in [0.2, 0.25) is 0 Å². The fraction of sp³-hybridized carbons (Fsp3) is 0.471. The number of likely N-dealkylation sites (N-methyl/N-ethyl adjacent to an activating group) is 1. The van der Waals surface area contributed by atoms with Gasteiger partial charge in [0, 0.05) is 26.2 Å². The third kappa shape index (κ3) is 4.61. The monoisotopic (exact) mass is 347 g/mol. The predicted octanol–water partition coefficient (Wildman–Crippen LogP) is 1.17. The summed E-state index contributed by atoms with van der Waals surface area (Å²) in [5.41, 5.74) is -0.0371. The van der Waals surface area contributed by atoms with E-state index in [1.165, 1.54) is 19.2 Å². The average molecular weight is 347 g/mol. The van der Waals surface area contributed by atoms with Crippen LogP contribution in [0.25, 0.3) is 0 Å². The first kappa shape index (κ1) is 18.5. The molecule has 8 heteroatoms. The van der Waals surface area contributed by atoms with Gasteiger partial charge in [0.2, 0.25) is 5.91 Å².